The molecule has 0 amide bonds. The second kappa shape index (κ2) is 7.00. The molecule has 0 radical (unpaired) electrons. The van der Waals surface area contributed by atoms with Gasteiger partial charge >= 0.3 is 0 Å². The van der Waals surface area contributed by atoms with Crippen LogP contribution in [0.25, 0.3) is 22.4 Å². The molecule has 1 nitrogen and oxygen atoms in total. The van der Waals surface area contributed by atoms with Gasteiger partial charge in [-0.25, -0.2) is 4.57 Å². The Hall–Kier alpha value is -2.41. The average molecular weight is 316 g/mol. The van der Waals surface area contributed by atoms with Crippen LogP contribution in [0.2, 0.25) is 0 Å². The molecule has 1 heterocycles. The molecule has 1 aromatic heterocycles. The van der Waals surface area contributed by atoms with E-state index in [0.717, 1.165) is 12.8 Å². The van der Waals surface area contributed by atoms with Gasteiger partial charge in [0.15, 0.2) is 6.20 Å². The van der Waals surface area contributed by atoms with E-state index in [4.69, 9.17) is 0 Å². The summed E-state index contributed by atoms with van der Waals surface area (Å²) in [5, 5.41) is 0. The first-order valence-corrected chi connectivity index (χ1v) is 8.81. The molecular weight excluding hydrogens is 290 g/mol. The topological polar surface area (TPSA) is 3.88 Å². The summed E-state index contributed by atoms with van der Waals surface area (Å²) >= 11 is 0. The largest absolute Gasteiger partial charge is 0.212 e. The van der Waals surface area contributed by atoms with Crippen molar-refractivity contribution >= 4 is 0 Å². The highest BCUT2D eigenvalue weighted by Gasteiger charge is 2.13. The van der Waals surface area contributed by atoms with Gasteiger partial charge in [0.2, 0.25) is 5.69 Å². The van der Waals surface area contributed by atoms with E-state index in [1.807, 2.05) is 0 Å². The molecule has 3 aromatic rings. The maximum atomic E-state index is 2.32. The highest BCUT2D eigenvalue weighted by atomic mass is 14.9. The summed E-state index contributed by atoms with van der Waals surface area (Å²) in [6.07, 6.45) is 4.40. The molecule has 122 valence electrons. The van der Waals surface area contributed by atoms with Crippen LogP contribution < -0.4 is 4.57 Å². The number of benzene rings is 2. The van der Waals surface area contributed by atoms with Crippen molar-refractivity contribution in [2.75, 3.05) is 0 Å². The zero-order chi connectivity index (χ0) is 17.1. The minimum absolute atomic E-state index is 1.08. The molecule has 0 bridgehead atoms. The van der Waals surface area contributed by atoms with E-state index in [1.54, 1.807) is 0 Å². The third kappa shape index (κ3) is 3.26. The predicted octanol–water partition coefficient (Wildman–Crippen LogP) is 5.28. The number of hydrogen-bond donors (Lipinski definition) is 0. The lowest BCUT2D eigenvalue weighted by Crippen LogP contribution is -2.30. The number of aromatic nitrogens is 1. The van der Waals surface area contributed by atoms with Crippen molar-refractivity contribution in [3.63, 3.8) is 0 Å². The summed E-state index contributed by atoms with van der Waals surface area (Å²) in [4.78, 5) is 0. The SMILES string of the molecule is CCc1cc(CC)cc(-c2ccc(-c3ccccc3C)[n+](C)c2)c1. The van der Waals surface area contributed by atoms with Gasteiger partial charge in [-0.3, -0.25) is 0 Å². The molecule has 0 saturated carbocycles. The zero-order valence-electron chi connectivity index (χ0n) is 15.1. The first-order chi connectivity index (χ1) is 11.6. The Kier molecular flexibility index (Phi) is 4.80. The van der Waals surface area contributed by atoms with Crippen LogP contribution in [-0.4, -0.2) is 0 Å². The molecular formula is C23H26N+. The van der Waals surface area contributed by atoms with Gasteiger partial charge in [0.25, 0.3) is 0 Å². The van der Waals surface area contributed by atoms with Crippen LogP contribution in [0.1, 0.15) is 30.5 Å². The van der Waals surface area contributed by atoms with Crippen molar-refractivity contribution in [1.82, 2.24) is 0 Å². The lowest BCUT2D eigenvalue weighted by atomic mass is 9.97. The normalized spacial score (nSPS) is 10.8. The van der Waals surface area contributed by atoms with E-state index >= 15 is 0 Å². The number of rotatable bonds is 4. The summed E-state index contributed by atoms with van der Waals surface area (Å²) in [6, 6.07) is 20.0. The van der Waals surface area contributed by atoms with Gasteiger partial charge in [0.05, 0.1) is 0 Å². The zero-order valence-corrected chi connectivity index (χ0v) is 15.1. The van der Waals surface area contributed by atoms with E-state index in [-0.39, 0.29) is 0 Å². The first kappa shape index (κ1) is 16.4. The standard InChI is InChI=1S/C23H26N/c1-5-18-13-19(6-2)15-21(14-18)20-11-12-23(24(4)16-20)22-10-8-7-9-17(22)3/h7-16H,5-6H2,1-4H3/q+1. The van der Waals surface area contributed by atoms with Gasteiger partial charge in [0.1, 0.15) is 7.05 Å². The van der Waals surface area contributed by atoms with E-state index in [1.165, 1.54) is 39.1 Å². The fraction of sp³-hybridized carbons (Fsp3) is 0.261. The Morgan fingerprint density at radius 3 is 2.04 bits per heavy atom. The van der Waals surface area contributed by atoms with Crippen LogP contribution in [0.5, 0.6) is 0 Å². The second-order valence-electron chi connectivity index (χ2n) is 6.47. The third-order valence-corrected chi connectivity index (χ3v) is 4.76. The third-order valence-electron chi connectivity index (χ3n) is 4.76. The summed E-state index contributed by atoms with van der Waals surface area (Å²) in [5.41, 5.74) is 9.27. The Balaban J connectivity index is 2.06. The van der Waals surface area contributed by atoms with Gasteiger partial charge in [-0.2, -0.15) is 0 Å². The molecule has 0 spiro atoms. The second-order valence-corrected chi connectivity index (χ2v) is 6.47. The molecule has 0 atom stereocenters. The average Bonchev–Trinajstić information content (AvgIpc) is 2.62. The lowest BCUT2D eigenvalue weighted by Gasteiger charge is -2.09. The number of pyridine rings is 1. The summed E-state index contributed by atoms with van der Waals surface area (Å²) in [5.74, 6) is 0. The molecule has 3 rings (SSSR count). The predicted molar refractivity (Wildman–Crippen MR) is 102 cm³/mol. The van der Waals surface area contributed by atoms with Crippen LogP contribution in [0.4, 0.5) is 0 Å². The number of aryl methyl sites for hydroxylation is 4. The molecule has 2 aromatic carbocycles. The molecule has 0 N–H and O–H groups in total. The molecule has 24 heavy (non-hydrogen) atoms. The Morgan fingerprint density at radius 2 is 1.46 bits per heavy atom. The van der Waals surface area contributed by atoms with Crippen LogP contribution in [0.3, 0.4) is 0 Å². The highest BCUT2D eigenvalue weighted by Crippen LogP contribution is 2.25. The summed E-state index contributed by atoms with van der Waals surface area (Å²) < 4.78 is 2.24. The van der Waals surface area contributed by atoms with Crippen molar-refractivity contribution in [2.24, 2.45) is 7.05 Å². The van der Waals surface area contributed by atoms with E-state index in [2.05, 4.69) is 93.2 Å². The molecule has 0 aliphatic heterocycles. The van der Waals surface area contributed by atoms with Gasteiger partial charge in [-0.15, -0.1) is 0 Å². The minimum Gasteiger partial charge on any atom is -0.200 e. The van der Waals surface area contributed by atoms with E-state index < -0.39 is 0 Å². The summed E-state index contributed by atoms with van der Waals surface area (Å²) in [6.45, 7) is 6.61. The fourth-order valence-electron chi connectivity index (χ4n) is 3.26. The molecule has 0 fully saturated rings. The maximum Gasteiger partial charge on any atom is 0.212 e. The first-order valence-electron chi connectivity index (χ1n) is 8.81. The monoisotopic (exact) mass is 316 g/mol. The Labute approximate surface area is 145 Å². The van der Waals surface area contributed by atoms with Crippen LogP contribution in [0, 0.1) is 6.92 Å². The van der Waals surface area contributed by atoms with Crippen molar-refractivity contribution in [3.05, 3.63) is 77.5 Å². The van der Waals surface area contributed by atoms with E-state index in [0.29, 0.717) is 0 Å². The fourth-order valence-corrected chi connectivity index (χ4v) is 3.26. The summed E-state index contributed by atoms with van der Waals surface area (Å²) in [7, 11) is 2.13. The minimum atomic E-state index is 1.08. The molecule has 1 heteroatoms. The van der Waals surface area contributed by atoms with Crippen molar-refractivity contribution < 1.29 is 4.57 Å². The van der Waals surface area contributed by atoms with Gasteiger partial charge in [-0.05, 0) is 54.2 Å². The number of hydrogen-bond acceptors (Lipinski definition) is 0. The van der Waals surface area contributed by atoms with Crippen molar-refractivity contribution in [3.8, 4) is 22.4 Å². The van der Waals surface area contributed by atoms with Crippen LogP contribution in [-0.2, 0) is 19.9 Å². The molecule has 0 saturated heterocycles. The van der Waals surface area contributed by atoms with E-state index in [9.17, 15) is 0 Å². The van der Waals surface area contributed by atoms with Crippen LogP contribution in [0.15, 0.2) is 60.8 Å². The smallest absolute Gasteiger partial charge is 0.200 e. The van der Waals surface area contributed by atoms with Crippen molar-refractivity contribution in [2.45, 2.75) is 33.6 Å². The van der Waals surface area contributed by atoms with Gasteiger partial charge < -0.3 is 0 Å². The maximum absolute atomic E-state index is 2.32. The molecule has 0 unspecified atom stereocenters. The molecule has 0 aliphatic rings. The molecule has 0 aliphatic carbocycles. The van der Waals surface area contributed by atoms with Crippen molar-refractivity contribution in [1.29, 1.82) is 0 Å². The highest BCUT2D eigenvalue weighted by molar-refractivity contribution is 5.67. The quantitative estimate of drug-likeness (QED) is 0.577. The Bertz CT molecular complexity index is 839. The van der Waals surface area contributed by atoms with Gasteiger partial charge in [-0.1, -0.05) is 50.2 Å². The van der Waals surface area contributed by atoms with Crippen LogP contribution >= 0.6 is 0 Å². The lowest BCUT2D eigenvalue weighted by molar-refractivity contribution is -0.659. The number of nitrogens with zero attached hydrogens (tertiary/aromatic N) is 1. The Morgan fingerprint density at radius 1 is 0.792 bits per heavy atom. The van der Waals surface area contributed by atoms with Gasteiger partial charge in [0, 0.05) is 17.2 Å².